The Morgan fingerprint density at radius 2 is 1.83 bits per heavy atom. The summed E-state index contributed by atoms with van der Waals surface area (Å²) in [6.07, 6.45) is 2.06. The molecule has 0 unspecified atom stereocenters. The number of thiazole rings is 2. The average Bonchev–Trinajstić information content (AvgIpc) is 3.41. The Labute approximate surface area is 192 Å². The lowest BCUT2D eigenvalue weighted by Crippen LogP contribution is -2.12. The first-order chi connectivity index (χ1) is 14.6. The number of hydrogen-bond acceptors (Lipinski definition) is 7. The van der Waals surface area contributed by atoms with E-state index < -0.39 is 0 Å². The highest BCUT2D eigenvalue weighted by molar-refractivity contribution is 7.98. The summed E-state index contributed by atoms with van der Waals surface area (Å²) >= 11 is 6.41. The molecule has 2 heterocycles. The molecule has 0 bridgehead atoms. The van der Waals surface area contributed by atoms with Gasteiger partial charge in [-0.25, -0.2) is 9.97 Å². The highest BCUT2D eigenvalue weighted by Gasteiger charge is 2.14. The number of carbonyl (C=O) groups is 1. The molecule has 2 aromatic carbocycles. The number of aromatic nitrogens is 2. The fourth-order valence-corrected chi connectivity index (χ4v) is 5.58. The normalized spacial score (nSPS) is 10.9. The van der Waals surface area contributed by atoms with Gasteiger partial charge in [0.25, 0.3) is 5.91 Å². The van der Waals surface area contributed by atoms with Gasteiger partial charge >= 0.3 is 0 Å². The van der Waals surface area contributed by atoms with Gasteiger partial charge < -0.3 is 0 Å². The fourth-order valence-electron chi connectivity index (χ4n) is 2.80. The second-order valence-corrected chi connectivity index (χ2v) is 10.2. The second-order valence-electron chi connectivity index (χ2n) is 6.36. The average molecular weight is 470 g/mol. The summed E-state index contributed by atoms with van der Waals surface area (Å²) in [6.45, 7) is 2.00. The van der Waals surface area contributed by atoms with Gasteiger partial charge in [0, 0.05) is 31.9 Å². The Morgan fingerprint density at radius 1 is 1.03 bits per heavy atom. The maximum atomic E-state index is 12.9. The zero-order valence-electron chi connectivity index (χ0n) is 16.4. The van der Waals surface area contributed by atoms with Crippen LogP contribution in [0, 0.1) is 6.92 Å². The largest absolute Gasteiger partial charge is 0.298 e. The summed E-state index contributed by atoms with van der Waals surface area (Å²) in [5.74, 6) is 0.591. The molecular formula is C22H19N3OS4. The van der Waals surface area contributed by atoms with Crippen LogP contribution in [-0.2, 0) is 5.75 Å². The van der Waals surface area contributed by atoms with E-state index in [4.69, 9.17) is 0 Å². The third-order valence-corrected chi connectivity index (χ3v) is 7.71. The molecule has 4 rings (SSSR count). The van der Waals surface area contributed by atoms with E-state index >= 15 is 0 Å². The van der Waals surface area contributed by atoms with Crippen molar-refractivity contribution >= 4 is 57.2 Å². The van der Waals surface area contributed by atoms with Gasteiger partial charge in [-0.3, -0.25) is 10.1 Å². The molecule has 0 aliphatic heterocycles. The zero-order valence-corrected chi connectivity index (χ0v) is 19.7. The van der Waals surface area contributed by atoms with Crippen LogP contribution < -0.4 is 5.32 Å². The predicted molar refractivity (Wildman–Crippen MR) is 130 cm³/mol. The van der Waals surface area contributed by atoms with Gasteiger partial charge in [-0.2, -0.15) is 0 Å². The van der Waals surface area contributed by atoms with E-state index in [9.17, 15) is 4.79 Å². The van der Waals surface area contributed by atoms with Gasteiger partial charge in [0.15, 0.2) is 5.13 Å². The molecule has 0 aliphatic carbocycles. The van der Waals surface area contributed by atoms with Crippen molar-refractivity contribution in [1.82, 2.24) is 9.97 Å². The van der Waals surface area contributed by atoms with Crippen LogP contribution in [0.1, 0.15) is 21.1 Å². The SMILES string of the molecule is CSc1ccc(-c2csc(NC(=O)c3ccccc3SCc3csc(C)n3)n2)cc1. The van der Waals surface area contributed by atoms with E-state index in [0.29, 0.717) is 10.7 Å². The molecule has 8 heteroatoms. The minimum Gasteiger partial charge on any atom is -0.298 e. The van der Waals surface area contributed by atoms with Crippen molar-refractivity contribution in [2.24, 2.45) is 0 Å². The molecule has 0 spiro atoms. The zero-order chi connectivity index (χ0) is 20.9. The van der Waals surface area contributed by atoms with Crippen molar-refractivity contribution < 1.29 is 4.79 Å². The summed E-state index contributed by atoms with van der Waals surface area (Å²) in [5.41, 5.74) is 3.59. The molecule has 4 aromatic rings. The summed E-state index contributed by atoms with van der Waals surface area (Å²) in [4.78, 5) is 24.1. The van der Waals surface area contributed by atoms with Crippen molar-refractivity contribution in [1.29, 1.82) is 0 Å². The summed E-state index contributed by atoms with van der Waals surface area (Å²) < 4.78 is 0. The number of carbonyl (C=O) groups excluding carboxylic acids is 1. The number of benzene rings is 2. The van der Waals surface area contributed by atoms with E-state index in [-0.39, 0.29) is 5.91 Å². The molecule has 1 N–H and O–H groups in total. The molecule has 0 radical (unpaired) electrons. The quantitative estimate of drug-likeness (QED) is 0.300. The Morgan fingerprint density at radius 3 is 2.57 bits per heavy atom. The Kier molecular flexibility index (Phi) is 6.89. The van der Waals surface area contributed by atoms with Crippen molar-refractivity contribution in [2.75, 3.05) is 11.6 Å². The first-order valence-corrected chi connectivity index (χ1v) is 13.1. The molecule has 30 heavy (non-hydrogen) atoms. The van der Waals surface area contributed by atoms with Gasteiger partial charge in [0.1, 0.15) is 0 Å². The second kappa shape index (κ2) is 9.78. The molecule has 152 valence electrons. The number of aryl methyl sites for hydroxylation is 1. The Hall–Kier alpha value is -2.13. The van der Waals surface area contributed by atoms with Gasteiger partial charge in [0.2, 0.25) is 0 Å². The van der Waals surface area contributed by atoms with E-state index in [1.165, 1.54) is 16.2 Å². The van der Waals surface area contributed by atoms with Crippen LogP contribution in [0.5, 0.6) is 0 Å². The lowest BCUT2D eigenvalue weighted by molar-refractivity contribution is 0.102. The topological polar surface area (TPSA) is 54.9 Å². The van der Waals surface area contributed by atoms with Crippen molar-refractivity contribution in [3.05, 3.63) is 75.6 Å². The lowest BCUT2D eigenvalue weighted by atomic mass is 10.2. The van der Waals surface area contributed by atoms with Crippen LogP contribution in [0.25, 0.3) is 11.3 Å². The number of rotatable bonds is 7. The van der Waals surface area contributed by atoms with Gasteiger partial charge in [0.05, 0.1) is 22.0 Å². The van der Waals surface area contributed by atoms with Gasteiger partial charge in [-0.15, -0.1) is 46.2 Å². The third kappa shape index (κ3) is 5.13. The Bertz CT molecular complexity index is 1150. The lowest BCUT2D eigenvalue weighted by Gasteiger charge is -2.08. The molecular weight excluding hydrogens is 451 g/mol. The number of thioether (sulfide) groups is 2. The highest BCUT2D eigenvalue weighted by Crippen LogP contribution is 2.29. The monoisotopic (exact) mass is 469 g/mol. The van der Waals surface area contributed by atoms with Crippen LogP contribution >= 0.6 is 46.2 Å². The smallest absolute Gasteiger partial charge is 0.258 e. The summed E-state index contributed by atoms with van der Waals surface area (Å²) in [7, 11) is 0. The number of hydrogen-bond donors (Lipinski definition) is 1. The van der Waals surface area contributed by atoms with Crippen LogP contribution in [0.4, 0.5) is 5.13 Å². The summed E-state index contributed by atoms with van der Waals surface area (Å²) in [5, 5.41) is 8.63. The minimum atomic E-state index is -0.147. The third-order valence-electron chi connectivity index (χ3n) is 4.28. The number of nitrogens with one attached hydrogen (secondary N) is 1. The van der Waals surface area contributed by atoms with Crippen molar-refractivity contribution in [3.63, 3.8) is 0 Å². The molecule has 0 fully saturated rings. The number of nitrogens with zero attached hydrogens (tertiary/aromatic N) is 2. The number of anilines is 1. The molecule has 0 saturated heterocycles. The minimum absolute atomic E-state index is 0.147. The van der Waals surface area contributed by atoms with E-state index in [1.807, 2.05) is 36.6 Å². The molecule has 0 atom stereocenters. The van der Waals surface area contributed by atoms with Crippen molar-refractivity contribution in [3.8, 4) is 11.3 Å². The van der Waals surface area contributed by atoms with E-state index in [0.717, 1.165) is 32.6 Å². The highest BCUT2D eigenvalue weighted by atomic mass is 32.2. The van der Waals surface area contributed by atoms with Crippen LogP contribution in [0.2, 0.25) is 0 Å². The predicted octanol–water partition coefficient (Wildman–Crippen LogP) is 6.84. The fraction of sp³-hybridized carbons (Fsp3) is 0.136. The van der Waals surface area contributed by atoms with Gasteiger partial charge in [-0.1, -0.05) is 24.3 Å². The van der Waals surface area contributed by atoms with Crippen LogP contribution in [0.3, 0.4) is 0 Å². The molecule has 0 saturated carbocycles. The maximum absolute atomic E-state index is 12.9. The Balaban J connectivity index is 1.45. The molecule has 0 aliphatic rings. The summed E-state index contributed by atoms with van der Waals surface area (Å²) in [6, 6.07) is 15.9. The van der Waals surface area contributed by atoms with E-state index in [1.54, 1.807) is 34.9 Å². The maximum Gasteiger partial charge on any atom is 0.258 e. The van der Waals surface area contributed by atoms with Crippen LogP contribution in [-0.4, -0.2) is 22.1 Å². The molecule has 4 nitrogen and oxygen atoms in total. The van der Waals surface area contributed by atoms with Gasteiger partial charge in [-0.05, 0) is 37.4 Å². The standard InChI is InChI=1S/C22H19N3OS4/c1-14-23-16(11-28-14)12-29-20-6-4-3-5-18(20)21(26)25-22-24-19(13-30-22)15-7-9-17(27-2)10-8-15/h3-11,13H,12H2,1-2H3,(H,24,25,26). The first kappa shape index (κ1) is 21.1. The van der Waals surface area contributed by atoms with E-state index in [2.05, 4.69) is 51.2 Å². The molecule has 2 aromatic heterocycles. The first-order valence-electron chi connectivity index (χ1n) is 9.16. The van der Waals surface area contributed by atoms with Crippen molar-refractivity contribution in [2.45, 2.75) is 22.5 Å². The van der Waals surface area contributed by atoms with Crippen LogP contribution in [0.15, 0.2) is 69.1 Å². The molecule has 1 amide bonds. The number of amides is 1.